The summed E-state index contributed by atoms with van der Waals surface area (Å²) >= 11 is 0. The Bertz CT molecular complexity index is 793. The zero-order chi connectivity index (χ0) is 17.2. The molecule has 4 nitrogen and oxygen atoms in total. The number of nitrogens with one attached hydrogen (secondary N) is 1. The van der Waals surface area contributed by atoms with Crippen LogP contribution in [-0.2, 0) is 6.42 Å². The predicted molar refractivity (Wildman–Crippen MR) is 107 cm³/mol. The highest BCUT2D eigenvalue weighted by molar-refractivity contribution is 5.97. The van der Waals surface area contributed by atoms with Crippen molar-refractivity contribution >= 4 is 24.0 Å². The number of fused-ring (bicyclic) bond motifs is 1. The average molecular weight is 373 g/mol. The molecule has 0 radical (unpaired) electrons. The summed E-state index contributed by atoms with van der Waals surface area (Å²) in [6.45, 7) is 1.80. The third-order valence-electron chi connectivity index (χ3n) is 5.32. The van der Waals surface area contributed by atoms with Crippen LogP contribution in [-0.4, -0.2) is 31.0 Å². The van der Waals surface area contributed by atoms with Crippen molar-refractivity contribution in [2.75, 3.05) is 25.5 Å². The van der Waals surface area contributed by atoms with Crippen molar-refractivity contribution in [2.24, 2.45) is 0 Å². The van der Waals surface area contributed by atoms with Gasteiger partial charge in [0.05, 0.1) is 13.2 Å². The number of rotatable bonds is 3. The van der Waals surface area contributed by atoms with Gasteiger partial charge in [0, 0.05) is 24.3 Å². The fourth-order valence-corrected chi connectivity index (χ4v) is 4.07. The molecule has 138 valence electrons. The van der Waals surface area contributed by atoms with E-state index in [4.69, 9.17) is 4.74 Å². The van der Waals surface area contributed by atoms with E-state index in [0.29, 0.717) is 0 Å². The third-order valence-corrected chi connectivity index (χ3v) is 5.32. The second-order valence-electron chi connectivity index (χ2n) is 6.80. The first-order valence-corrected chi connectivity index (χ1v) is 9.08. The minimum Gasteiger partial charge on any atom is -0.497 e. The van der Waals surface area contributed by atoms with Crippen LogP contribution < -0.4 is 10.1 Å². The zero-order valence-electron chi connectivity index (χ0n) is 15.0. The molecule has 2 aromatic rings. The molecular formula is C21H25ClN2O2. The van der Waals surface area contributed by atoms with Gasteiger partial charge in [-0.05, 0) is 61.1 Å². The molecular weight excluding hydrogens is 348 g/mol. The lowest BCUT2D eigenvalue weighted by molar-refractivity contribution is 0.0734. The molecule has 2 heterocycles. The summed E-state index contributed by atoms with van der Waals surface area (Å²) in [6, 6.07) is 14.3. The first kappa shape index (κ1) is 18.6. The SMILES string of the molecule is COc1cccc(C2CCCN2C(=O)c2cccc3c2CCCN3)c1.Cl. The molecule has 1 saturated heterocycles. The van der Waals surface area contributed by atoms with Gasteiger partial charge >= 0.3 is 0 Å². The second kappa shape index (κ2) is 8.00. The number of hydrogen-bond donors (Lipinski definition) is 1. The van der Waals surface area contributed by atoms with Crippen LogP contribution in [0.25, 0.3) is 0 Å². The van der Waals surface area contributed by atoms with Crippen LogP contribution in [0, 0.1) is 0 Å². The topological polar surface area (TPSA) is 41.6 Å². The Balaban J connectivity index is 0.00000196. The normalized spacial score (nSPS) is 18.5. The number of likely N-dealkylation sites (tertiary alicyclic amines) is 1. The van der Waals surface area contributed by atoms with Gasteiger partial charge < -0.3 is 15.0 Å². The molecule has 0 saturated carbocycles. The quantitative estimate of drug-likeness (QED) is 0.865. The minimum absolute atomic E-state index is 0. The Morgan fingerprint density at radius 1 is 1.19 bits per heavy atom. The number of hydrogen-bond acceptors (Lipinski definition) is 3. The second-order valence-corrected chi connectivity index (χ2v) is 6.80. The van der Waals surface area contributed by atoms with Crippen LogP contribution in [0.4, 0.5) is 5.69 Å². The summed E-state index contributed by atoms with van der Waals surface area (Å²) < 4.78 is 5.36. The molecule has 26 heavy (non-hydrogen) atoms. The standard InChI is InChI=1S/C21H24N2O2.ClH/c1-25-16-7-2-6-15(14-16)20-11-5-13-23(20)21(24)18-8-3-10-19-17(18)9-4-12-22-19;/h2-3,6-8,10,14,20,22H,4-5,9,11-13H2,1H3;1H. The van der Waals surface area contributed by atoms with Gasteiger partial charge in [0.2, 0.25) is 0 Å². The summed E-state index contributed by atoms with van der Waals surface area (Å²) in [6.07, 6.45) is 4.10. The van der Waals surface area contributed by atoms with Crippen molar-refractivity contribution in [1.82, 2.24) is 4.90 Å². The van der Waals surface area contributed by atoms with Gasteiger partial charge in [0.25, 0.3) is 5.91 Å². The molecule has 0 bridgehead atoms. The van der Waals surface area contributed by atoms with Gasteiger partial charge in [0.15, 0.2) is 0 Å². The van der Waals surface area contributed by atoms with Crippen LogP contribution in [0.3, 0.4) is 0 Å². The first-order chi connectivity index (χ1) is 12.3. The maximum absolute atomic E-state index is 13.3. The van der Waals surface area contributed by atoms with E-state index in [1.54, 1.807) is 7.11 Å². The van der Waals surface area contributed by atoms with E-state index in [1.165, 1.54) is 5.56 Å². The van der Waals surface area contributed by atoms with Gasteiger partial charge in [-0.1, -0.05) is 18.2 Å². The molecule has 2 aliphatic heterocycles. The van der Waals surface area contributed by atoms with Crippen molar-refractivity contribution in [3.05, 3.63) is 59.2 Å². The zero-order valence-corrected chi connectivity index (χ0v) is 15.8. The molecule has 0 aromatic heterocycles. The van der Waals surface area contributed by atoms with Crippen molar-refractivity contribution < 1.29 is 9.53 Å². The summed E-state index contributed by atoms with van der Waals surface area (Å²) in [5, 5.41) is 3.42. The molecule has 1 amide bonds. The van der Waals surface area contributed by atoms with Gasteiger partial charge in [0.1, 0.15) is 5.75 Å². The van der Waals surface area contributed by atoms with E-state index < -0.39 is 0 Å². The molecule has 1 fully saturated rings. The lowest BCUT2D eigenvalue weighted by Crippen LogP contribution is -2.32. The van der Waals surface area contributed by atoms with Gasteiger partial charge in [-0.2, -0.15) is 0 Å². The van der Waals surface area contributed by atoms with Crippen LogP contribution >= 0.6 is 12.4 Å². The number of methoxy groups -OCH3 is 1. The minimum atomic E-state index is 0. The van der Waals surface area contributed by atoms with Gasteiger partial charge in [-0.3, -0.25) is 4.79 Å². The monoisotopic (exact) mass is 372 g/mol. The van der Waals surface area contributed by atoms with Crippen LogP contribution in [0.15, 0.2) is 42.5 Å². The summed E-state index contributed by atoms with van der Waals surface area (Å²) in [5.74, 6) is 1.00. The Kier molecular flexibility index (Phi) is 5.72. The van der Waals surface area contributed by atoms with Crippen molar-refractivity contribution in [3.63, 3.8) is 0 Å². The van der Waals surface area contributed by atoms with Crippen molar-refractivity contribution in [3.8, 4) is 5.75 Å². The highest BCUT2D eigenvalue weighted by Gasteiger charge is 2.32. The van der Waals surface area contributed by atoms with Crippen molar-refractivity contribution in [1.29, 1.82) is 0 Å². The molecule has 4 rings (SSSR count). The predicted octanol–water partition coefficient (Wildman–Crippen LogP) is 4.45. The number of carbonyl (C=O) groups is 1. The molecule has 1 N–H and O–H groups in total. The smallest absolute Gasteiger partial charge is 0.254 e. The first-order valence-electron chi connectivity index (χ1n) is 9.08. The molecule has 0 spiro atoms. The van der Waals surface area contributed by atoms with E-state index in [9.17, 15) is 4.79 Å². The molecule has 2 aromatic carbocycles. The van der Waals surface area contributed by atoms with E-state index in [0.717, 1.165) is 61.3 Å². The summed E-state index contributed by atoms with van der Waals surface area (Å²) in [7, 11) is 1.68. The number of nitrogens with zero attached hydrogens (tertiary/aromatic N) is 1. The third kappa shape index (κ3) is 3.38. The fourth-order valence-electron chi connectivity index (χ4n) is 4.07. The Morgan fingerprint density at radius 3 is 2.88 bits per heavy atom. The van der Waals surface area contributed by atoms with E-state index in [1.807, 2.05) is 29.2 Å². The molecule has 0 aliphatic carbocycles. The van der Waals surface area contributed by atoms with Crippen LogP contribution in [0.1, 0.15) is 46.8 Å². The van der Waals surface area contributed by atoms with Gasteiger partial charge in [-0.25, -0.2) is 0 Å². The Morgan fingerprint density at radius 2 is 2.04 bits per heavy atom. The van der Waals surface area contributed by atoms with E-state index in [2.05, 4.69) is 23.5 Å². The molecule has 5 heteroatoms. The van der Waals surface area contributed by atoms with Crippen LogP contribution in [0.2, 0.25) is 0 Å². The van der Waals surface area contributed by atoms with Crippen molar-refractivity contribution in [2.45, 2.75) is 31.7 Å². The largest absolute Gasteiger partial charge is 0.497 e. The number of anilines is 1. The molecule has 1 atom stereocenters. The Labute approximate surface area is 160 Å². The lowest BCUT2D eigenvalue weighted by Gasteiger charge is -2.28. The lowest BCUT2D eigenvalue weighted by atomic mass is 9.96. The number of halogens is 1. The molecule has 2 aliphatic rings. The highest BCUT2D eigenvalue weighted by Crippen LogP contribution is 2.36. The van der Waals surface area contributed by atoms with Gasteiger partial charge in [-0.15, -0.1) is 12.4 Å². The van der Waals surface area contributed by atoms with E-state index in [-0.39, 0.29) is 24.4 Å². The highest BCUT2D eigenvalue weighted by atomic mass is 35.5. The Hall–Kier alpha value is -2.20. The van der Waals surface area contributed by atoms with Crippen LogP contribution in [0.5, 0.6) is 5.75 Å². The number of ether oxygens (including phenoxy) is 1. The number of amides is 1. The number of benzene rings is 2. The average Bonchev–Trinajstić information content (AvgIpc) is 3.17. The summed E-state index contributed by atoms with van der Waals surface area (Å²) in [4.78, 5) is 15.4. The number of carbonyl (C=O) groups excluding carboxylic acids is 1. The fraction of sp³-hybridized carbons (Fsp3) is 0.381. The van der Waals surface area contributed by atoms with E-state index >= 15 is 0 Å². The maximum atomic E-state index is 13.3. The maximum Gasteiger partial charge on any atom is 0.254 e. The molecule has 1 unspecified atom stereocenters. The summed E-state index contributed by atoms with van der Waals surface area (Å²) in [5.41, 5.74) is 4.32.